The third-order valence-corrected chi connectivity index (χ3v) is 2.16. The lowest BCUT2D eigenvalue weighted by molar-refractivity contribution is 0.167. The molecule has 1 unspecified atom stereocenters. The summed E-state index contributed by atoms with van der Waals surface area (Å²) in [6.45, 7) is 5.56. The molecule has 0 radical (unpaired) electrons. The van der Waals surface area contributed by atoms with E-state index in [0.717, 1.165) is 23.5 Å². The molecule has 1 aromatic rings. The molecule has 1 heterocycles. The van der Waals surface area contributed by atoms with Gasteiger partial charge in [0.1, 0.15) is 11.5 Å². The summed E-state index contributed by atoms with van der Waals surface area (Å²) >= 11 is 0. The Morgan fingerprint density at radius 1 is 1.50 bits per heavy atom. The normalized spacial score (nSPS) is 12.0. The number of hydrogen-bond donors (Lipinski definition) is 1. The van der Waals surface area contributed by atoms with Crippen LogP contribution in [-0.2, 0) is 0 Å². The minimum Gasteiger partial charge on any atom is -0.466 e. The van der Waals surface area contributed by atoms with Crippen LogP contribution in [0.15, 0.2) is 10.5 Å². The van der Waals surface area contributed by atoms with Crippen LogP contribution in [0.3, 0.4) is 0 Å². The summed E-state index contributed by atoms with van der Waals surface area (Å²) < 4.78 is 5.35. The van der Waals surface area contributed by atoms with Gasteiger partial charge in [-0.05, 0) is 33.3 Å². The van der Waals surface area contributed by atoms with Crippen molar-refractivity contribution >= 4 is 0 Å². The maximum atomic E-state index is 9.81. The molecule has 1 aromatic heterocycles. The third kappa shape index (κ3) is 2.65. The Kier molecular flexibility index (Phi) is 3.79. The molecule has 0 aliphatic carbocycles. The molecule has 2 heteroatoms. The lowest BCUT2D eigenvalue weighted by atomic mass is 10.1. The highest BCUT2D eigenvalue weighted by Gasteiger charge is 2.13. The highest BCUT2D eigenvalue weighted by Crippen LogP contribution is 2.24. The lowest BCUT2D eigenvalue weighted by Gasteiger charge is -2.06. The van der Waals surface area contributed by atoms with Crippen LogP contribution in [-0.4, -0.2) is 5.11 Å². The van der Waals surface area contributed by atoms with Crippen LogP contribution in [0.4, 0.5) is 0 Å². The molecule has 0 spiro atoms. The first-order valence-corrected chi connectivity index (χ1v) is 4.79. The Labute approximate surface area is 84.9 Å². The van der Waals surface area contributed by atoms with E-state index in [0.29, 0.717) is 6.42 Å². The number of aliphatic hydroxyl groups is 1. The van der Waals surface area contributed by atoms with Crippen molar-refractivity contribution in [3.05, 3.63) is 23.2 Å². The average molecular weight is 192 g/mol. The maximum absolute atomic E-state index is 9.81. The first-order valence-electron chi connectivity index (χ1n) is 4.79. The van der Waals surface area contributed by atoms with Crippen molar-refractivity contribution in [1.82, 2.24) is 0 Å². The number of hydrogen-bond acceptors (Lipinski definition) is 2. The molecule has 0 amide bonds. The second-order valence-corrected chi connectivity index (χ2v) is 3.35. The van der Waals surface area contributed by atoms with Crippen LogP contribution in [0, 0.1) is 25.7 Å². The van der Waals surface area contributed by atoms with E-state index < -0.39 is 6.10 Å². The molecule has 1 atom stereocenters. The first-order chi connectivity index (χ1) is 6.65. The molecular weight excluding hydrogens is 176 g/mol. The van der Waals surface area contributed by atoms with Gasteiger partial charge in [0, 0.05) is 12.0 Å². The molecule has 0 aliphatic rings. The van der Waals surface area contributed by atoms with Gasteiger partial charge in [0.25, 0.3) is 0 Å². The summed E-state index contributed by atoms with van der Waals surface area (Å²) in [5.74, 6) is 7.39. The Morgan fingerprint density at radius 2 is 2.21 bits per heavy atom. The fourth-order valence-electron chi connectivity index (χ4n) is 1.47. The second-order valence-electron chi connectivity index (χ2n) is 3.35. The fraction of sp³-hybridized carbons (Fsp3) is 0.500. The topological polar surface area (TPSA) is 33.4 Å². The molecule has 1 rings (SSSR count). The molecule has 14 heavy (non-hydrogen) atoms. The largest absolute Gasteiger partial charge is 0.466 e. The van der Waals surface area contributed by atoms with E-state index in [9.17, 15) is 5.11 Å². The number of rotatable bonds is 3. The monoisotopic (exact) mass is 192 g/mol. The Hall–Kier alpha value is -1.20. The second kappa shape index (κ2) is 4.88. The lowest BCUT2D eigenvalue weighted by Crippen LogP contribution is -1.96. The van der Waals surface area contributed by atoms with Crippen LogP contribution in [0.1, 0.15) is 43.0 Å². The maximum Gasteiger partial charge on any atom is 0.106 e. The third-order valence-electron chi connectivity index (χ3n) is 2.16. The standard InChI is InChI=1S/C12H16O2/c1-4-5-6-7-12(13)11-8-9(2)14-10(11)3/h8,12-13H,6-7H2,1-3H3. The highest BCUT2D eigenvalue weighted by molar-refractivity contribution is 5.22. The first kappa shape index (κ1) is 10.9. The quantitative estimate of drug-likeness (QED) is 0.747. The van der Waals surface area contributed by atoms with Gasteiger partial charge < -0.3 is 9.52 Å². The molecule has 0 saturated heterocycles. The van der Waals surface area contributed by atoms with Gasteiger partial charge in [-0.15, -0.1) is 11.8 Å². The molecule has 2 nitrogen and oxygen atoms in total. The van der Waals surface area contributed by atoms with Crippen molar-refractivity contribution in [2.75, 3.05) is 0 Å². The predicted molar refractivity (Wildman–Crippen MR) is 55.8 cm³/mol. The van der Waals surface area contributed by atoms with E-state index in [1.165, 1.54) is 0 Å². The summed E-state index contributed by atoms with van der Waals surface area (Å²) in [6, 6.07) is 1.89. The van der Waals surface area contributed by atoms with Gasteiger partial charge in [-0.1, -0.05) is 0 Å². The van der Waals surface area contributed by atoms with Gasteiger partial charge in [-0.25, -0.2) is 0 Å². The summed E-state index contributed by atoms with van der Waals surface area (Å²) in [5.41, 5.74) is 0.889. The van der Waals surface area contributed by atoms with Crippen LogP contribution < -0.4 is 0 Å². The van der Waals surface area contributed by atoms with Crippen molar-refractivity contribution in [2.24, 2.45) is 0 Å². The number of aliphatic hydroxyl groups excluding tert-OH is 1. The molecule has 0 saturated carbocycles. The van der Waals surface area contributed by atoms with E-state index in [-0.39, 0.29) is 0 Å². The molecule has 0 fully saturated rings. The highest BCUT2D eigenvalue weighted by atomic mass is 16.3. The van der Waals surface area contributed by atoms with Crippen LogP contribution >= 0.6 is 0 Å². The van der Waals surface area contributed by atoms with E-state index in [4.69, 9.17) is 4.42 Å². The Bertz CT molecular complexity index is 352. The summed E-state index contributed by atoms with van der Waals surface area (Å²) in [5, 5.41) is 9.81. The molecule has 76 valence electrons. The van der Waals surface area contributed by atoms with E-state index in [2.05, 4.69) is 11.8 Å². The zero-order valence-electron chi connectivity index (χ0n) is 8.92. The summed E-state index contributed by atoms with van der Waals surface area (Å²) in [4.78, 5) is 0. The van der Waals surface area contributed by atoms with Gasteiger partial charge in [0.05, 0.1) is 6.10 Å². The molecule has 0 aliphatic heterocycles. The zero-order chi connectivity index (χ0) is 10.6. The van der Waals surface area contributed by atoms with Crippen LogP contribution in [0.2, 0.25) is 0 Å². The predicted octanol–water partition coefficient (Wildman–Crippen LogP) is 2.73. The van der Waals surface area contributed by atoms with Crippen molar-refractivity contribution in [2.45, 2.75) is 39.7 Å². The SMILES string of the molecule is CC#CCCC(O)c1cc(C)oc1C. The van der Waals surface area contributed by atoms with Crippen LogP contribution in [0.5, 0.6) is 0 Å². The molecule has 0 bridgehead atoms. The minimum atomic E-state index is -0.451. The minimum absolute atomic E-state index is 0.451. The van der Waals surface area contributed by atoms with E-state index >= 15 is 0 Å². The number of aryl methyl sites for hydroxylation is 2. The molecule has 0 aromatic carbocycles. The fourth-order valence-corrected chi connectivity index (χ4v) is 1.47. The van der Waals surface area contributed by atoms with Gasteiger partial charge in [-0.2, -0.15) is 0 Å². The van der Waals surface area contributed by atoms with Crippen LogP contribution in [0.25, 0.3) is 0 Å². The van der Waals surface area contributed by atoms with E-state index in [1.54, 1.807) is 6.92 Å². The van der Waals surface area contributed by atoms with Gasteiger partial charge in [-0.3, -0.25) is 0 Å². The summed E-state index contributed by atoms with van der Waals surface area (Å²) in [7, 11) is 0. The van der Waals surface area contributed by atoms with Crippen molar-refractivity contribution in [3.8, 4) is 11.8 Å². The molecule has 1 N–H and O–H groups in total. The van der Waals surface area contributed by atoms with Gasteiger partial charge in [0.2, 0.25) is 0 Å². The number of furan rings is 1. The van der Waals surface area contributed by atoms with E-state index in [1.807, 2.05) is 19.9 Å². The summed E-state index contributed by atoms with van der Waals surface area (Å²) in [6.07, 6.45) is 0.940. The molecular formula is C12H16O2. The van der Waals surface area contributed by atoms with Crippen molar-refractivity contribution < 1.29 is 9.52 Å². The average Bonchev–Trinajstić information content (AvgIpc) is 2.45. The van der Waals surface area contributed by atoms with Crippen molar-refractivity contribution in [1.29, 1.82) is 0 Å². The Balaban J connectivity index is 2.62. The Morgan fingerprint density at radius 3 is 2.71 bits per heavy atom. The van der Waals surface area contributed by atoms with Gasteiger partial charge in [0.15, 0.2) is 0 Å². The van der Waals surface area contributed by atoms with Gasteiger partial charge >= 0.3 is 0 Å². The smallest absolute Gasteiger partial charge is 0.106 e. The zero-order valence-corrected chi connectivity index (χ0v) is 8.92. The van der Waals surface area contributed by atoms with Crippen molar-refractivity contribution in [3.63, 3.8) is 0 Å².